The van der Waals surface area contributed by atoms with Gasteiger partial charge in [-0.2, -0.15) is 0 Å². The van der Waals surface area contributed by atoms with Crippen molar-refractivity contribution in [3.05, 3.63) is 34.3 Å². The van der Waals surface area contributed by atoms with Gasteiger partial charge in [-0.05, 0) is 17.7 Å². The smallest absolute Gasteiger partial charge is 0.287 e. The molecular formula is C9H12BBrF2. The Morgan fingerprint density at radius 2 is 1.92 bits per heavy atom. The van der Waals surface area contributed by atoms with Gasteiger partial charge in [0.25, 0.3) is 0 Å². The van der Waals surface area contributed by atoms with Crippen molar-refractivity contribution >= 4 is 23.2 Å². The van der Waals surface area contributed by atoms with Gasteiger partial charge in [-0.3, -0.25) is 8.63 Å². The minimum atomic E-state index is -2.26. The molecule has 4 heteroatoms. The van der Waals surface area contributed by atoms with Gasteiger partial charge in [0.1, 0.15) is 0 Å². The minimum absolute atomic E-state index is 0.167. The van der Waals surface area contributed by atoms with Crippen LogP contribution in [0.15, 0.2) is 28.7 Å². The molecule has 0 aliphatic rings. The largest absolute Gasteiger partial charge is 0.542 e. The molecule has 0 atom stereocenters. The van der Waals surface area contributed by atoms with Crippen LogP contribution in [0.3, 0.4) is 0 Å². The number of hydrogen-bond acceptors (Lipinski definition) is 0. The van der Waals surface area contributed by atoms with E-state index in [2.05, 4.69) is 15.9 Å². The topological polar surface area (TPSA) is 0 Å². The molecule has 1 aromatic carbocycles. The maximum atomic E-state index is 11.8. The Bertz CT molecular complexity index is 241. The summed E-state index contributed by atoms with van der Waals surface area (Å²) < 4.78 is 24.5. The van der Waals surface area contributed by atoms with E-state index in [4.69, 9.17) is 0 Å². The monoisotopic (exact) mass is 248 g/mol. The molecule has 0 radical (unpaired) electrons. The number of benzene rings is 1. The molecule has 0 amide bonds. The van der Waals surface area contributed by atoms with Gasteiger partial charge in [-0.25, -0.2) is 0 Å². The van der Waals surface area contributed by atoms with E-state index in [9.17, 15) is 8.63 Å². The number of rotatable bonds is 2. The molecule has 0 nitrogen and oxygen atoms in total. The third-order valence-corrected chi connectivity index (χ3v) is 1.77. The zero-order valence-corrected chi connectivity index (χ0v) is 9.31. The molecule has 0 bridgehead atoms. The first-order valence-corrected chi connectivity index (χ1v) is 5.00. The molecule has 0 aromatic heterocycles. The summed E-state index contributed by atoms with van der Waals surface area (Å²) in [7, 11) is -2.26. The zero-order chi connectivity index (χ0) is 10.3. The van der Waals surface area contributed by atoms with Crippen LogP contribution in [0.2, 0.25) is 0 Å². The van der Waals surface area contributed by atoms with Crippen LogP contribution in [0.4, 0.5) is 8.63 Å². The summed E-state index contributed by atoms with van der Waals surface area (Å²) in [5, 5.41) is 0. The van der Waals surface area contributed by atoms with E-state index in [1.807, 2.05) is 19.9 Å². The van der Waals surface area contributed by atoms with Crippen LogP contribution in [-0.2, 0) is 6.32 Å². The van der Waals surface area contributed by atoms with E-state index in [0.717, 1.165) is 4.47 Å². The molecule has 0 aliphatic heterocycles. The first-order chi connectivity index (χ1) is 6.18. The van der Waals surface area contributed by atoms with Crippen molar-refractivity contribution < 1.29 is 8.63 Å². The second-order valence-electron chi connectivity index (χ2n) is 2.23. The Morgan fingerprint density at radius 1 is 1.31 bits per heavy atom. The first-order valence-electron chi connectivity index (χ1n) is 4.21. The lowest BCUT2D eigenvalue weighted by molar-refractivity contribution is 0.654. The molecule has 0 unspecified atom stereocenters. The van der Waals surface area contributed by atoms with E-state index in [-0.39, 0.29) is 6.32 Å². The van der Waals surface area contributed by atoms with Crippen molar-refractivity contribution in [2.24, 2.45) is 0 Å². The zero-order valence-electron chi connectivity index (χ0n) is 7.73. The SMILES string of the molecule is CC.FB(F)Cc1cccc(Br)c1. The normalized spacial score (nSPS) is 8.69. The number of hydrogen-bond donors (Lipinski definition) is 0. The average molecular weight is 249 g/mol. The molecule has 1 rings (SSSR count). The predicted octanol–water partition coefficient (Wildman–Crippen LogP) is 3.98. The third kappa shape index (κ3) is 5.80. The maximum absolute atomic E-state index is 11.8. The highest BCUT2D eigenvalue weighted by molar-refractivity contribution is 9.10. The highest BCUT2D eigenvalue weighted by Crippen LogP contribution is 2.13. The van der Waals surface area contributed by atoms with Crippen LogP contribution in [0.5, 0.6) is 0 Å². The molecule has 72 valence electrons. The van der Waals surface area contributed by atoms with Crippen LogP contribution in [-0.4, -0.2) is 7.27 Å². The van der Waals surface area contributed by atoms with Crippen LogP contribution in [0, 0.1) is 0 Å². The fourth-order valence-corrected chi connectivity index (χ4v) is 1.29. The second kappa shape index (κ2) is 7.07. The summed E-state index contributed by atoms with van der Waals surface area (Å²) in [6, 6.07) is 6.96. The van der Waals surface area contributed by atoms with Crippen LogP contribution in [0.25, 0.3) is 0 Å². The fraction of sp³-hybridized carbons (Fsp3) is 0.333. The van der Waals surface area contributed by atoms with Gasteiger partial charge in [-0.1, -0.05) is 41.9 Å². The Kier molecular flexibility index (Phi) is 6.87. The van der Waals surface area contributed by atoms with Gasteiger partial charge >= 0.3 is 7.27 Å². The molecule has 0 N–H and O–H groups in total. The molecule has 0 heterocycles. The fourth-order valence-electron chi connectivity index (χ4n) is 0.842. The quantitative estimate of drug-likeness (QED) is 0.695. The summed E-state index contributed by atoms with van der Waals surface area (Å²) in [5.74, 6) is 0. The van der Waals surface area contributed by atoms with E-state index >= 15 is 0 Å². The average Bonchev–Trinajstić information content (AvgIpc) is 2.06. The van der Waals surface area contributed by atoms with E-state index in [0.29, 0.717) is 5.56 Å². The molecule has 0 aliphatic carbocycles. The summed E-state index contributed by atoms with van der Waals surface area (Å²) in [6.45, 7) is 4.00. The van der Waals surface area contributed by atoms with Crippen LogP contribution in [0.1, 0.15) is 19.4 Å². The molecule has 0 spiro atoms. The standard InChI is InChI=1S/C7H6BBrF2.C2H6/c9-7-3-1-2-6(4-7)5-8(10)11;1-2/h1-4H,5H2;1-2H3. The van der Waals surface area contributed by atoms with Crippen molar-refractivity contribution in [2.45, 2.75) is 20.2 Å². The molecule has 13 heavy (non-hydrogen) atoms. The Morgan fingerprint density at radius 3 is 2.38 bits per heavy atom. The predicted molar refractivity (Wildman–Crippen MR) is 57.2 cm³/mol. The van der Waals surface area contributed by atoms with Gasteiger partial charge in [-0.15, -0.1) is 0 Å². The van der Waals surface area contributed by atoms with Gasteiger partial charge in [0, 0.05) is 10.8 Å². The number of halogens is 3. The summed E-state index contributed by atoms with van der Waals surface area (Å²) in [5.41, 5.74) is 0.661. The summed E-state index contributed by atoms with van der Waals surface area (Å²) in [4.78, 5) is 0. The Balaban J connectivity index is 0.000000671. The van der Waals surface area contributed by atoms with Crippen LogP contribution >= 0.6 is 15.9 Å². The first kappa shape index (κ1) is 12.6. The van der Waals surface area contributed by atoms with E-state index < -0.39 is 7.27 Å². The van der Waals surface area contributed by atoms with Crippen molar-refractivity contribution in [3.8, 4) is 0 Å². The molecule has 0 fully saturated rings. The molecule has 0 saturated heterocycles. The van der Waals surface area contributed by atoms with E-state index in [1.54, 1.807) is 18.2 Å². The molecule has 0 saturated carbocycles. The lowest BCUT2D eigenvalue weighted by atomic mass is 9.88. The third-order valence-electron chi connectivity index (χ3n) is 1.28. The summed E-state index contributed by atoms with van der Waals surface area (Å²) in [6.07, 6.45) is -0.167. The Hall–Kier alpha value is -0.375. The maximum Gasteiger partial charge on any atom is 0.542 e. The van der Waals surface area contributed by atoms with Crippen molar-refractivity contribution in [2.75, 3.05) is 0 Å². The highest BCUT2D eigenvalue weighted by Gasteiger charge is 2.12. The minimum Gasteiger partial charge on any atom is -0.287 e. The second-order valence-corrected chi connectivity index (χ2v) is 3.14. The van der Waals surface area contributed by atoms with E-state index in [1.165, 1.54) is 0 Å². The van der Waals surface area contributed by atoms with Gasteiger partial charge in [0.15, 0.2) is 0 Å². The molecular weight excluding hydrogens is 237 g/mol. The Labute approximate surface area is 86.7 Å². The van der Waals surface area contributed by atoms with Crippen molar-refractivity contribution in [1.29, 1.82) is 0 Å². The lowest BCUT2D eigenvalue weighted by Crippen LogP contribution is -2.01. The highest BCUT2D eigenvalue weighted by atomic mass is 79.9. The summed E-state index contributed by atoms with van der Waals surface area (Å²) >= 11 is 3.21. The van der Waals surface area contributed by atoms with Crippen molar-refractivity contribution in [3.63, 3.8) is 0 Å². The van der Waals surface area contributed by atoms with Crippen LogP contribution < -0.4 is 0 Å². The lowest BCUT2D eigenvalue weighted by Gasteiger charge is -1.96. The van der Waals surface area contributed by atoms with Gasteiger partial charge < -0.3 is 0 Å². The van der Waals surface area contributed by atoms with Crippen molar-refractivity contribution in [1.82, 2.24) is 0 Å². The van der Waals surface area contributed by atoms with Gasteiger partial charge in [0.2, 0.25) is 0 Å². The molecule has 1 aromatic rings. The van der Waals surface area contributed by atoms with Gasteiger partial charge in [0.05, 0.1) is 0 Å².